The molecule has 2 aliphatic heterocycles. The minimum Gasteiger partial charge on any atom is -0.383 e. The molecule has 1 aromatic heterocycles. The van der Waals surface area contributed by atoms with Gasteiger partial charge in [-0.25, -0.2) is 0 Å². The van der Waals surface area contributed by atoms with E-state index >= 15 is 0 Å². The van der Waals surface area contributed by atoms with Crippen LogP contribution >= 0.6 is 11.3 Å². The zero-order valence-corrected chi connectivity index (χ0v) is 14.4. The average molecular weight is 324 g/mol. The monoisotopic (exact) mass is 324 g/mol. The summed E-state index contributed by atoms with van der Waals surface area (Å²) in [6.07, 6.45) is 2.57. The fourth-order valence-electron chi connectivity index (χ4n) is 3.83. The van der Waals surface area contributed by atoms with E-state index in [1.807, 2.05) is 0 Å². The largest absolute Gasteiger partial charge is 0.383 e. The Bertz CT molecular complexity index is 440. The first-order chi connectivity index (χ1) is 10.8. The van der Waals surface area contributed by atoms with Gasteiger partial charge < -0.3 is 9.47 Å². The van der Waals surface area contributed by atoms with Crippen LogP contribution in [0, 0.1) is 5.41 Å². The molecule has 3 heterocycles. The van der Waals surface area contributed by atoms with E-state index in [1.165, 1.54) is 24.9 Å². The van der Waals surface area contributed by atoms with Crippen LogP contribution < -0.4 is 0 Å². The van der Waals surface area contributed by atoms with Crippen molar-refractivity contribution in [3.8, 4) is 0 Å². The number of likely N-dealkylation sites (tertiary alicyclic amines) is 1. The lowest BCUT2D eigenvalue weighted by Crippen LogP contribution is -2.50. The van der Waals surface area contributed by atoms with Gasteiger partial charge in [-0.05, 0) is 41.8 Å². The highest BCUT2D eigenvalue weighted by Gasteiger charge is 2.38. The lowest BCUT2D eigenvalue weighted by atomic mass is 9.80. The Hall–Kier alpha value is -0.460. The van der Waals surface area contributed by atoms with E-state index in [-0.39, 0.29) is 0 Å². The van der Waals surface area contributed by atoms with Gasteiger partial charge in [0.25, 0.3) is 0 Å². The molecule has 2 saturated heterocycles. The van der Waals surface area contributed by atoms with Crippen LogP contribution in [0.2, 0.25) is 0 Å². The zero-order valence-electron chi connectivity index (χ0n) is 13.6. The molecule has 2 aliphatic rings. The van der Waals surface area contributed by atoms with Gasteiger partial charge >= 0.3 is 0 Å². The van der Waals surface area contributed by atoms with Gasteiger partial charge in [-0.2, -0.15) is 11.3 Å². The fraction of sp³-hybridized carbons (Fsp3) is 0.765. The van der Waals surface area contributed by atoms with Crippen molar-refractivity contribution in [1.29, 1.82) is 0 Å². The lowest BCUT2D eigenvalue weighted by molar-refractivity contribution is 0.00167. The molecule has 0 bridgehead atoms. The van der Waals surface area contributed by atoms with Gasteiger partial charge in [0.05, 0.1) is 19.8 Å². The van der Waals surface area contributed by atoms with Crippen LogP contribution in [-0.2, 0) is 16.0 Å². The van der Waals surface area contributed by atoms with E-state index in [0.29, 0.717) is 5.41 Å². The summed E-state index contributed by atoms with van der Waals surface area (Å²) >= 11 is 1.79. The van der Waals surface area contributed by atoms with Crippen molar-refractivity contribution in [3.63, 3.8) is 0 Å². The molecule has 22 heavy (non-hydrogen) atoms. The van der Waals surface area contributed by atoms with Crippen molar-refractivity contribution >= 4 is 11.3 Å². The maximum atomic E-state index is 5.97. The van der Waals surface area contributed by atoms with E-state index in [2.05, 4.69) is 26.6 Å². The molecule has 5 heteroatoms. The summed E-state index contributed by atoms with van der Waals surface area (Å²) in [5, 5.41) is 4.45. The fourth-order valence-corrected chi connectivity index (χ4v) is 4.49. The molecular weight excluding hydrogens is 296 g/mol. The minimum absolute atomic E-state index is 0.304. The van der Waals surface area contributed by atoms with E-state index in [1.54, 1.807) is 18.4 Å². The standard InChI is InChI=1S/C17H28N2O2S/c1-20-8-6-18-7-9-21-15-17(13-18)4-2-5-19(14-17)11-16-3-10-22-12-16/h3,10,12H,2,4-9,11,13-15H2,1H3. The SMILES string of the molecule is COCCN1CCOCC2(CCCN(Cc3ccsc3)C2)C1. The van der Waals surface area contributed by atoms with Crippen LogP contribution in [0.5, 0.6) is 0 Å². The molecule has 1 atom stereocenters. The number of piperidine rings is 1. The summed E-state index contributed by atoms with van der Waals surface area (Å²) in [6, 6.07) is 2.25. The molecule has 0 aliphatic carbocycles. The highest BCUT2D eigenvalue weighted by atomic mass is 32.1. The Morgan fingerprint density at radius 3 is 3.05 bits per heavy atom. The minimum atomic E-state index is 0.304. The molecule has 1 unspecified atom stereocenters. The van der Waals surface area contributed by atoms with Crippen molar-refractivity contribution in [2.45, 2.75) is 19.4 Å². The highest BCUT2D eigenvalue weighted by Crippen LogP contribution is 2.33. The van der Waals surface area contributed by atoms with Crippen LogP contribution in [0.15, 0.2) is 16.8 Å². The molecule has 0 aromatic carbocycles. The second-order valence-electron chi connectivity index (χ2n) is 6.77. The van der Waals surface area contributed by atoms with Crippen LogP contribution in [0.3, 0.4) is 0 Å². The summed E-state index contributed by atoms with van der Waals surface area (Å²) in [5.41, 5.74) is 1.76. The number of ether oxygens (including phenoxy) is 2. The number of methoxy groups -OCH3 is 1. The van der Waals surface area contributed by atoms with Gasteiger partial charge in [0.1, 0.15) is 0 Å². The third kappa shape index (κ3) is 4.30. The molecule has 0 amide bonds. The molecule has 1 aromatic rings. The summed E-state index contributed by atoms with van der Waals surface area (Å²) in [5.74, 6) is 0. The first kappa shape index (κ1) is 16.4. The molecule has 2 fully saturated rings. The smallest absolute Gasteiger partial charge is 0.0593 e. The second kappa shape index (κ2) is 7.88. The molecular formula is C17H28N2O2S. The van der Waals surface area contributed by atoms with Crippen molar-refractivity contribution in [2.75, 3.05) is 59.7 Å². The summed E-state index contributed by atoms with van der Waals surface area (Å²) in [4.78, 5) is 5.15. The Morgan fingerprint density at radius 2 is 2.23 bits per heavy atom. The van der Waals surface area contributed by atoms with Crippen LogP contribution in [0.1, 0.15) is 18.4 Å². The summed E-state index contributed by atoms with van der Waals surface area (Å²) < 4.78 is 11.2. The summed E-state index contributed by atoms with van der Waals surface area (Å²) in [7, 11) is 1.79. The lowest BCUT2D eigenvalue weighted by Gasteiger charge is -2.43. The number of hydrogen-bond acceptors (Lipinski definition) is 5. The molecule has 4 nitrogen and oxygen atoms in total. The number of nitrogens with zero attached hydrogens (tertiary/aromatic N) is 2. The van der Waals surface area contributed by atoms with Crippen molar-refractivity contribution in [3.05, 3.63) is 22.4 Å². The molecule has 3 rings (SSSR count). The predicted molar refractivity (Wildman–Crippen MR) is 90.4 cm³/mol. The maximum Gasteiger partial charge on any atom is 0.0593 e. The first-order valence-corrected chi connectivity index (χ1v) is 9.26. The third-order valence-electron chi connectivity index (χ3n) is 4.86. The second-order valence-corrected chi connectivity index (χ2v) is 7.55. The van der Waals surface area contributed by atoms with Crippen molar-refractivity contribution < 1.29 is 9.47 Å². The van der Waals surface area contributed by atoms with Gasteiger partial charge in [0, 0.05) is 45.2 Å². The molecule has 0 N–H and O–H groups in total. The molecule has 124 valence electrons. The number of thiophene rings is 1. The van der Waals surface area contributed by atoms with E-state index in [4.69, 9.17) is 9.47 Å². The Balaban J connectivity index is 1.62. The average Bonchev–Trinajstić information content (AvgIpc) is 2.94. The van der Waals surface area contributed by atoms with Gasteiger partial charge in [-0.1, -0.05) is 0 Å². The van der Waals surface area contributed by atoms with E-state index in [0.717, 1.165) is 52.5 Å². The van der Waals surface area contributed by atoms with Crippen LogP contribution in [0.4, 0.5) is 0 Å². The molecule has 1 spiro atoms. The molecule has 0 radical (unpaired) electrons. The van der Waals surface area contributed by atoms with Gasteiger partial charge in [-0.15, -0.1) is 0 Å². The Labute approximate surface area is 138 Å². The zero-order chi connectivity index (χ0) is 15.3. The Kier molecular flexibility index (Phi) is 5.88. The quantitative estimate of drug-likeness (QED) is 0.830. The van der Waals surface area contributed by atoms with Gasteiger partial charge in [0.15, 0.2) is 0 Å². The third-order valence-corrected chi connectivity index (χ3v) is 5.59. The van der Waals surface area contributed by atoms with Crippen LogP contribution in [0.25, 0.3) is 0 Å². The van der Waals surface area contributed by atoms with E-state index < -0.39 is 0 Å². The van der Waals surface area contributed by atoms with Crippen molar-refractivity contribution in [1.82, 2.24) is 9.80 Å². The van der Waals surface area contributed by atoms with Crippen LogP contribution in [-0.4, -0.2) is 69.5 Å². The topological polar surface area (TPSA) is 24.9 Å². The number of hydrogen-bond donors (Lipinski definition) is 0. The number of rotatable bonds is 5. The predicted octanol–water partition coefficient (Wildman–Crippen LogP) is 2.31. The summed E-state index contributed by atoms with van der Waals surface area (Å²) in [6.45, 7) is 9.25. The molecule has 0 saturated carbocycles. The van der Waals surface area contributed by atoms with Gasteiger partial charge in [0.2, 0.25) is 0 Å². The van der Waals surface area contributed by atoms with Crippen molar-refractivity contribution in [2.24, 2.45) is 5.41 Å². The Morgan fingerprint density at radius 1 is 1.32 bits per heavy atom. The highest BCUT2D eigenvalue weighted by molar-refractivity contribution is 7.07. The maximum absolute atomic E-state index is 5.97. The van der Waals surface area contributed by atoms with E-state index in [9.17, 15) is 0 Å². The normalized spacial score (nSPS) is 28.0. The first-order valence-electron chi connectivity index (χ1n) is 8.32. The van der Waals surface area contributed by atoms with Gasteiger partial charge in [-0.3, -0.25) is 9.80 Å².